The molecule has 3 rings (SSSR count). The zero-order chi connectivity index (χ0) is 18.7. The van der Waals surface area contributed by atoms with Crippen LogP contribution in [-0.4, -0.2) is 26.3 Å². The molecule has 0 spiro atoms. The third-order valence-electron chi connectivity index (χ3n) is 3.54. The van der Waals surface area contributed by atoms with Gasteiger partial charge in [0.2, 0.25) is 11.8 Å². The van der Waals surface area contributed by atoms with E-state index in [0.29, 0.717) is 16.8 Å². The molecule has 2 aromatic heterocycles. The molecule has 0 fully saturated rings. The molecular formula is C18H17ClN4O2S. The Balaban J connectivity index is 1.68. The summed E-state index contributed by atoms with van der Waals surface area (Å²) in [6, 6.07) is 9.43. The van der Waals surface area contributed by atoms with E-state index in [1.54, 1.807) is 25.3 Å². The molecular weight excluding hydrogens is 372 g/mol. The Morgan fingerprint density at radius 3 is 2.65 bits per heavy atom. The number of halogens is 1. The summed E-state index contributed by atoms with van der Waals surface area (Å²) >= 11 is 7.14. The molecule has 0 bridgehead atoms. The lowest BCUT2D eigenvalue weighted by Gasteiger charge is -2.10. The third-order valence-corrected chi connectivity index (χ3v) is 4.77. The molecule has 0 saturated heterocycles. The zero-order valence-corrected chi connectivity index (χ0v) is 16.1. The van der Waals surface area contributed by atoms with Gasteiger partial charge in [0.1, 0.15) is 0 Å². The molecule has 0 unspecified atom stereocenters. The molecule has 6 nitrogen and oxygen atoms in total. The fourth-order valence-electron chi connectivity index (χ4n) is 2.39. The third kappa shape index (κ3) is 4.42. The minimum Gasteiger partial charge on any atom is -0.411 e. The van der Waals surface area contributed by atoms with Crippen molar-refractivity contribution in [3.8, 4) is 11.5 Å². The van der Waals surface area contributed by atoms with Crippen molar-refractivity contribution < 1.29 is 9.21 Å². The van der Waals surface area contributed by atoms with E-state index in [1.165, 1.54) is 11.8 Å². The van der Waals surface area contributed by atoms with E-state index >= 15 is 0 Å². The maximum atomic E-state index is 12.3. The van der Waals surface area contributed by atoms with Crippen LogP contribution in [0.1, 0.15) is 18.1 Å². The molecule has 0 saturated carbocycles. The summed E-state index contributed by atoms with van der Waals surface area (Å²) in [6.45, 7) is 5.78. The second-order valence-corrected chi connectivity index (χ2v) is 7.49. The Morgan fingerprint density at radius 1 is 1.23 bits per heavy atom. The summed E-state index contributed by atoms with van der Waals surface area (Å²) in [6.07, 6.45) is 1.56. The summed E-state index contributed by atoms with van der Waals surface area (Å²) in [5.74, 6) is 0.207. The van der Waals surface area contributed by atoms with Crippen molar-refractivity contribution in [2.75, 3.05) is 5.32 Å². The zero-order valence-electron chi connectivity index (χ0n) is 14.5. The number of aryl methyl sites for hydroxylation is 2. The standard InChI is InChI=1S/C18H17ClN4O2S/c1-10-7-11(2)9-13(8-10)17-22-23-18(25-17)26-12(3)16(24)21-14-5-4-6-20-15(14)19/h4-9,12H,1-3H3,(H,21,24)/t12-/m1/s1. The molecule has 0 aliphatic rings. The first kappa shape index (κ1) is 18.4. The number of carbonyl (C=O) groups excluding carboxylic acids is 1. The first-order valence-electron chi connectivity index (χ1n) is 7.92. The maximum absolute atomic E-state index is 12.3. The predicted octanol–water partition coefficient (Wildman–Crippen LogP) is 4.52. The quantitative estimate of drug-likeness (QED) is 0.511. The fraction of sp³-hybridized carbons (Fsp3) is 0.222. The van der Waals surface area contributed by atoms with Crippen molar-refractivity contribution in [3.05, 3.63) is 52.8 Å². The molecule has 0 aliphatic heterocycles. The van der Waals surface area contributed by atoms with Crippen LogP contribution in [-0.2, 0) is 4.79 Å². The van der Waals surface area contributed by atoms with Gasteiger partial charge in [0.25, 0.3) is 5.22 Å². The highest BCUT2D eigenvalue weighted by molar-refractivity contribution is 8.00. The van der Waals surface area contributed by atoms with E-state index < -0.39 is 5.25 Å². The second-order valence-electron chi connectivity index (χ2n) is 5.84. The van der Waals surface area contributed by atoms with Crippen LogP contribution in [0.25, 0.3) is 11.5 Å². The lowest BCUT2D eigenvalue weighted by Crippen LogP contribution is -2.22. The van der Waals surface area contributed by atoms with Gasteiger partial charge in [-0.1, -0.05) is 40.6 Å². The topological polar surface area (TPSA) is 80.9 Å². The summed E-state index contributed by atoms with van der Waals surface area (Å²) in [5, 5.41) is 11.0. The molecule has 1 atom stereocenters. The van der Waals surface area contributed by atoms with Crippen LogP contribution < -0.4 is 5.32 Å². The second kappa shape index (κ2) is 7.88. The number of hydrogen-bond acceptors (Lipinski definition) is 6. The highest BCUT2D eigenvalue weighted by Crippen LogP contribution is 2.28. The molecule has 2 heterocycles. The summed E-state index contributed by atoms with van der Waals surface area (Å²) in [5.41, 5.74) is 3.57. The van der Waals surface area contributed by atoms with Crippen LogP contribution in [0.5, 0.6) is 0 Å². The normalized spacial score (nSPS) is 12.0. The first-order chi connectivity index (χ1) is 12.4. The Kier molecular flexibility index (Phi) is 5.58. The van der Waals surface area contributed by atoms with Crippen molar-refractivity contribution in [2.45, 2.75) is 31.2 Å². The van der Waals surface area contributed by atoms with Crippen LogP contribution in [0.15, 0.2) is 46.2 Å². The average Bonchev–Trinajstić information content (AvgIpc) is 3.04. The van der Waals surface area contributed by atoms with E-state index in [0.717, 1.165) is 16.7 Å². The van der Waals surface area contributed by atoms with Gasteiger partial charge < -0.3 is 9.73 Å². The van der Waals surface area contributed by atoms with Gasteiger partial charge >= 0.3 is 0 Å². The molecule has 0 aliphatic carbocycles. The molecule has 134 valence electrons. The van der Waals surface area contributed by atoms with Gasteiger partial charge in [0.05, 0.1) is 10.9 Å². The number of thioether (sulfide) groups is 1. The van der Waals surface area contributed by atoms with Gasteiger partial charge in [-0.05, 0) is 45.0 Å². The number of nitrogens with one attached hydrogen (secondary N) is 1. The number of amides is 1. The maximum Gasteiger partial charge on any atom is 0.277 e. The first-order valence-corrected chi connectivity index (χ1v) is 9.18. The molecule has 0 radical (unpaired) electrons. The number of benzene rings is 1. The van der Waals surface area contributed by atoms with E-state index in [-0.39, 0.29) is 11.1 Å². The minimum atomic E-state index is -0.446. The van der Waals surface area contributed by atoms with E-state index in [4.69, 9.17) is 16.0 Å². The van der Waals surface area contributed by atoms with Gasteiger partial charge in [-0.2, -0.15) is 0 Å². The SMILES string of the molecule is Cc1cc(C)cc(-c2nnc(S[C@H](C)C(=O)Nc3cccnc3Cl)o2)c1. The number of nitrogens with zero attached hydrogens (tertiary/aromatic N) is 3. The number of rotatable bonds is 5. The van der Waals surface area contributed by atoms with Crippen LogP contribution in [0.3, 0.4) is 0 Å². The summed E-state index contributed by atoms with van der Waals surface area (Å²) < 4.78 is 5.70. The molecule has 1 amide bonds. The predicted molar refractivity (Wildman–Crippen MR) is 102 cm³/mol. The molecule has 8 heteroatoms. The van der Waals surface area contributed by atoms with Gasteiger partial charge in [-0.15, -0.1) is 10.2 Å². The molecule has 1 N–H and O–H groups in total. The number of hydrogen-bond donors (Lipinski definition) is 1. The Hall–Kier alpha value is -2.38. The van der Waals surface area contributed by atoms with Gasteiger partial charge in [0.15, 0.2) is 5.15 Å². The molecule has 3 aromatic rings. The highest BCUT2D eigenvalue weighted by atomic mass is 35.5. The van der Waals surface area contributed by atoms with E-state index in [2.05, 4.69) is 26.6 Å². The van der Waals surface area contributed by atoms with Crippen molar-refractivity contribution in [3.63, 3.8) is 0 Å². The van der Waals surface area contributed by atoms with Crippen molar-refractivity contribution in [1.29, 1.82) is 0 Å². The van der Waals surface area contributed by atoms with Gasteiger partial charge in [-0.25, -0.2) is 4.98 Å². The van der Waals surface area contributed by atoms with Crippen molar-refractivity contribution in [2.24, 2.45) is 0 Å². The fourth-order valence-corrected chi connectivity index (χ4v) is 3.24. The Morgan fingerprint density at radius 2 is 1.96 bits per heavy atom. The monoisotopic (exact) mass is 388 g/mol. The van der Waals surface area contributed by atoms with Crippen molar-refractivity contribution >= 4 is 35.0 Å². The van der Waals surface area contributed by atoms with Crippen LogP contribution >= 0.6 is 23.4 Å². The number of carbonyl (C=O) groups is 1. The van der Waals surface area contributed by atoms with Crippen LogP contribution in [0.2, 0.25) is 5.15 Å². The average molecular weight is 389 g/mol. The van der Waals surface area contributed by atoms with Crippen LogP contribution in [0, 0.1) is 13.8 Å². The minimum absolute atomic E-state index is 0.226. The number of aromatic nitrogens is 3. The largest absolute Gasteiger partial charge is 0.411 e. The Bertz CT molecular complexity index is 924. The van der Waals surface area contributed by atoms with E-state index in [9.17, 15) is 4.79 Å². The lowest BCUT2D eigenvalue weighted by atomic mass is 10.1. The molecule has 1 aromatic carbocycles. The van der Waals surface area contributed by atoms with E-state index in [1.807, 2.05) is 26.0 Å². The highest BCUT2D eigenvalue weighted by Gasteiger charge is 2.20. The lowest BCUT2D eigenvalue weighted by molar-refractivity contribution is -0.115. The smallest absolute Gasteiger partial charge is 0.277 e. The molecule has 26 heavy (non-hydrogen) atoms. The van der Waals surface area contributed by atoms with Gasteiger partial charge in [-0.3, -0.25) is 4.79 Å². The van der Waals surface area contributed by atoms with Crippen molar-refractivity contribution in [1.82, 2.24) is 15.2 Å². The Labute approximate surface area is 160 Å². The van der Waals surface area contributed by atoms with Gasteiger partial charge in [0, 0.05) is 11.8 Å². The van der Waals surface area contributed by atoms with Crippen LogP contribution in [0.4, 0.5) is 5.69 Å². The number of anilines is 1. The summed E-state index contributed by atoms with van der Waals surface area (Å²) in [7, 11) is 0. The number of pyridine rings is 1. The summed E-state index contributed by atoms with van der Waals surface area (Å²) in [4.78, 5) is 16.3.